The second-order valence-electron chi connectivity index (χ2n) is 9.45. The van der Waals surface area contributed by atoms with Gasteiger partial charge in [0.05, 0.1) is 30.7 Å². The fourth-order valence-electron chi connectivity index (χ4n) is 5.13. The number of hydrogen-bond donors (Lipinski definition) is 3. The Bertz CT molecular complexity index is 1450. The zero-order valence-corrected chi connectivity index (χ0v) is 21.3. The average molecular weight is 519 g/mol. The lowest BCUT2D eigenvalue weighted by Gasteiger charge is -2.37. The summed E-state index contributed by atoms with van der Waals surface area (Å²) in [5.74, 6) is 0.0958. The number of carbonyl (C=O) groups excluding carboxylic acids is 2. The van der Waals surface area contributed by atoms with E-state index in [-0.39, 0.29) is 24.1 Å². The number of hydrogen-bond acceptors (Lipinski definition) is 9. The number of methoxy groups -OCH3 is 1. The Kier molecular flexibility index (Phi) is 6.91. The highest BCUT2D eigenvalue weighted by molar-refractivity contribution is 6.00. The normalized spacial score (nSPS) is 19.6. The second kappa shape index (κ2) is 10.3. The van der Waals surface area contributed by atoms with E-state index >= 15 is 0 Å². The molecule has 0 aliphatic heterocycles. The van der Waals surface area contributed by atoms with Gasteiger partial charge in [-0.2, -0.15) is 9.61 Å². The van der Waals surface area contributed by atoms with Crippen molar-refractivity contribution in [1.29, 1.82) is 0 Å². The van der Waals surface area contributed by atoms with Crippen molar-refractivity contribution in [2.24, 2.45) is 5.73 Å². The van der Waals surface area contributed by atoms with Crippen LogP contribution in [0.1, 0.15) is 54.6 Å². The average Bonchev–Trinajstić information content (AvgIpc) is 3.60. The first kappa shape index (κ1) is 25.5. The Morgan fingerprint density at radius 1 is 1.18 bits per heavy atom. The first-order valence-corrected chi connectivity index (χ1v) is 12.4. The van der Waals surface area contributed by atoms with Crippen molar-refractivity contribution in [2.45, 2.75) is 44.1 Å². The minimum atomic E-state index is -1.07. The molecule has 38 heavy (non-hydrogen) atoms. The monoisotopic (exact) mass is 518 g/mol. The Morgan fingerprint density at radius 3 is 2.58 bits per heavy atom. The second-order valence-corrected chi connectivity index (χ2v) is 9.45. The number of pyridine rings is 1. The van der Waals surface area contributed by atoms with E-state index in [2.05, 4.69) is 20.1 Å². The number of aromatic nitrogens is 6. The van der Waals surface area contributed by atoms with E-state index in [4.69, 9.17) is 25.9 Å². The van der Waals surface area contributed by atoms with Gasteiger partial charge < -0.3 is 25.9 Å². The zero-order valence-electron chi connectivity index (χ0n) is 21.3. The number of carbonyl (C=O) groups is 2. The molecule has 198 valence electrons. The summed E-state index contributed by atoms with van der Waals surface area (Å²) in [6.07, 6.45) is 8.73. The molecule has 0 atom stereocenters. The molecular weight excluding hydrogens is 488 g/mol. The van der Waals surface area contributed by atoms with E-state index in [9.17, 15) is 9.59 Å². The minimum absolute atomic E-state index is 0.109. The van der Waals surface area contributed by atoms with Gasteiger partial charge in [-0.25, -0.2) is 9.97 Å². The van der Waals surface area contributed by atoms with E-state index in [1.165, 1.54) is 11.4 Å². The van der Waals surface area contributed by atoms with E-state index in [1.807, 2.05) is 12.1 Å². The van der Waals surface area contributed by atoms with Gasteiger partial charge in [0.1, 0.15) is 17.1 Å². The third-order valence-electron chi connectivity index (χ3n) is 7.17. The molecule has 4 aromatic heterocycles. The van der Waals surface area contributed by atoms with Gasteiger partial charge in [0.25, 0.3) is 0 Å². The topological polar surface area (TPSA) is 176 Å². The molecule has 0 saturated heterocycles. The lowest BCUT2D eigenvalue weighted by atomic mass is 9.76. The lowest BCUT2D eigenvalue weighted by molar-refractivity contribution is -0.151. The fourth-order valence-corrected chi connectivity index (χ4v) is 5.13. The van der Waals surface area contributed by atoms with Crippen LogP contribution in [0.15, 0.2) is 36.9 Å². The number of nitrogens with one attached hydrogen (secondary N) is 1. The van der Waals surface area contributed by atoms with E-state index in [0.717, 1.165) is 11.1 Å². The van der Waals surface area contributed by atoms with Crippen molar-refractivity contribution in [2.75, 3.05) is 26.1 Å². The minimum Gasteiger partial charge on any atom is -0.383 e. The molecule has 0 spiro atoms. The largest absolute Gasteiger partial charge is 0.383 e. The standard InChI is InChI=1S/C26H30N8O4/c1-15(35)20-21(16-5-7-26(8-6-16,25(28)36)38-12-11-37-2)33-24-18(14-32-34(24)22(20)27)17-3-4-19(31-13-17)23-29-9-10-30-23/h3-4,9-10,13-14,16H,5-8,11-12,27H2,1-2H3,(H2,28,36)(H,29,30)/t16-,26+. The van der Waals surface area contributed by atoms with Crippen LogP contribution >= 0.6 is 0 Å². The van der Waals surface area contributed by atoms with Crippen LogP contribution in [0.2, 0.25) is 0 Å². The lowest BCUT2D eigenvalue weighted by Crippen LogP contribution is -2.49. The van der Waals surface area contributed by atoms with Crippen molar-refractivity contribution < 1.29 is 19.1 Å². The molecular formula is C26H30N8O4. The number of fused-ring (bicyclic) bond motifs is 1. The maximum absolute atomic E-state index is 12.7. The predicted molar refractivity (Wildman–Crippen MR) is 139 cm³/mol. The van der Waals surface area contributed by atoms with Gasteiger partial charge >= 0.3 is 0 Å². The molecule has 1 aliphatic rings. The Balaban J connectivity index is 1.50. The molecule has 12 heteroatoms. The number of nitrogen functional groups attached to an aromatic ring is 1. The summed E-state index contributed by atoms with van der Waals surface area (Å²) < 4.78 is 12.4. The predicted octanol–water partition coefficient (Wildman–Crippen LogP) is 2.51. The molecule has 0 aromatic carbocycles. The summed E-state index contributed by atoms with van der Waals surface area (Å²) in [6, 6.07) is 3.78. The number of amides is 1. The Morgan fingerprint density at radius 2 is 1.97 bits per heavy atom. The molecule has 5 rings (SSSR count). The molecule has 1 amide bonds. The number of ketones is 1. The first-order chi connectivity index (χ1) is 18.3. The Labute approximate surface area is 218 Å². The molecule has 5 N–H and O–H groups in total. The first-order valence-electron chi connectivity index (χ1n) is 12.4. The van der Waals surface area contributed by atoms with Crippen LogP contribution in [0.5, 0.6) is 0 Å². The van der Waals surface area contributed by atoms with Crippen LogP contribution in [0.25, 0.3) is 28.3 Å². The summed E-state index contributed by atoms with van der Waals surface area (Å²) in [4.78, 5) is 41.8. The summed E-state index contributed by atoms with van der Waals surface area (Å²) in [5, 5.41) is 4.42. The summed E-state index contributed by atoms with van der Waals surface area (Å²) >= 11 is 0. The van der Waals surface area contributed by atoms with Gasteiger partial charge in [-0.15, -0.1) is 0 Å². The van der Waals surface area contributed by atoms with Gasteiger partial charge in [0.2, 0.25) is 5.91 Å². The fraction of sp³-hybridized carbons (Fsp3) is 0.385. The van der Waals surface area contributed by atoms with Gasteiger partial charge in [-0.3, -0.25) is 14.6 Å². The van der Waals surface area contributed by atoms with Gasteiger partial charge in [0.15, 0.2) is 17.3 Å². The number of anilines is 1. The molecule has 0 unspecified atom stereocenters. The van der Waals surface area contributed by atoms with Gasteiger partial charge in [-0.1, -0.05) is 6.07 Å². The van der Waals surface area contributed by atoms with E-state index in [0.29, 0.717) is 60.7 Å². The summed E-state index contributed by atoms with van der Waals surface area (Å²) in [7, 11) is 1.57. The number of primary amides is 1. The van der Waals surface area contributed by atoms with Crippen LogP contribution in [-0.4, -0.2) is 67.2 Å². The number of nitrogens with two attached hydrogens (primary N) is 2. The molecule has 0 bridgehead atoms. The van der Waals surface area contributed by atoms with Crippen molar-refractivity contribution in [3.8, 4) is 22.6 Å². The SMILES string of the molecule is COCCO[C@]1(C(N)=O)CC[C@H](c2nc3c(-c4ccc(-c5ncc[nH]5)nc4)cnn3c(N)c2C(C)=O)CC1. The van der Waals surface area contributed by atoms with Crippen molar-refractivity contribution in [3.63, 3.8) is 0 Å². The number of ether oxygens (including phenoxy) is 2. The molecule has 4 aromatic rings. The summed E-state index contributed by atoms with van der Waals surface area (Å²) in [6.45, 7) is 2.10. The number of rotatable bonds is 9. The molecule has 1 saturated carbocycles. The van der Waals surface area contributed by atoms with Crippen LogP contribution in [0.4, 0.5) is 5.82 Å². The third kappa shape index (κ3) is 4.52. The van der Waals surface area contributed by atoms with Crippen LogP contribution in [0, 0.1) is 0 Å². The number of Topliss-reactive ketones (excluding diaryl/α,β-unsaturated/α-hetero) is 1. The number of aromatic amines is 1. The number of nitrogens with zero attached hydrogens (tertiary/aromatic N) is 5. The van der Waals surface area contributed by atoms with Crippen molar-refractivity contribution >= 4 is 23.2 Å². The van der Waals surface area contributed by atoms with E-state index < -0.39 is 11.5 Å². The summed E-state index contributed by atoms with van der Waals surface area (Å²) in [5.41, 5.74) is 14.9. The maximum Gasteiger partial charge on any atom is 0.249 e. The highest BCUT2D eigenvalue weighted by Gasteiger charge is 2.43. The van der Waals surface area contributed by atoms with Crippen LogP contribution in [0.3, 0.4) is 0 Å². The quantitative estimate of drug-likeness (QED) is 0.222. The molecule has 1 fully saturated rings. The van der Waals surface area contributed by atoms with Crippen LogP contribution in [-0.2, 0) is 14.3 Å². The van der Waals surface area contributed by atoms with Gasteiger partial charge in [-0.05, 0) is 38.7 Å². The van der Waals surface area contributed by atoms with E-state index in [1.54, 1.807) is 31.9 Å². The van der Waals surface area contributed by atoms with Gasteiger partial charge in [0, 0.05) is 42.7 Å². The smallest absolute Gasteiger partial charge is 0.249 e. The maximum atomic E-state index is 12.7. The molecule has 4 heterocycles. The number of imidazole rings is 1. The highest BCUT2D eigenvalue weighted by atomic mass is 16.5. The third-order valence-corrected chi connectivity index (χ3v) is 7.17. The van der Waals surface area contributed by atoms with Crippen molar-refractivity contribution in [3.05, 3.63) is 48.2 Å². The zero-order chi connectivity index (χ0) is 26.9. The molecule has 1 aliphatic carbocycles. The van der Waals surface area contributed by atoms with Crippen molar-refractivity contribution in [1.82, 2.24) is 29.5 Å². The Hall–Kier alpha value is -4.16. The molecule has 12 nitrogen and oxygen atoms in total. The molecule has 0 radical (unpaired) electrons. The van der Waals surface area contributed by atoms with Crippen LogP contribution < -0.4 is 11.5 Å². The highest BCUT2D eigenvalue weighted by Crippen LogP contribution is 2.42. The number of H-pyrrole nitrogens is 1.